The second-order valence-electron chi connectivity index (χ2n) is 5.78. The highest BCUT2D eigenvalue weighted by molar-refractivity contribution is 6.31. The number of anilines is 1. The summed E-state index contributed by atoms with van der Waals surface area (Å²) in [7, 11) is 0. The summed E-state index contributed by atoms with van der Waals surface area (Å²) in [5, 5.41) is 3.80. The summed E-state index contributed by atoms with van der Waals surface area (Å²) in [6, 6.07) is 7.01. The molecular weight excluding hydrogens is 328 g/mol. The van der Waals surface area contributed by atoms with Crippen LogP contribution in [-0.2, 0) is 11.3 Å². The van der Waals surface area contributed by atoms with Crippen molar-refractivity contribution in [2.45, 2.75) is 27.3 Å². The minimum Gasteiger partial charge on any atom is -0.343 e. The molecule has 7 heteroatoms. The molecule has 1 aromatic carbocycles. The highest BCUT2D eigenvalue weighted by Crippen LogP contribution is 2.20. The topological polar surface area (TPSA) is 79.8 Å². The normalized spacial score (nSPS) is 11.0. The summed E-state index contributed by atoms with van der Waals surface area (Å²) in [5.41, 5.74) is 2.67. The van der Waals surface area contributed by atoms with Crippen LogP contribution in [0.5, 0.6) is 0 Å². The van der Waals surface area contributed by atoms with Gasteiger partial charge in [0, 0.05) is 16.4 Å². The molecule has 2 aromatic heterocycles. The molecule has 0 aliphatic heterocycles. The first kappa shape index (κ1) is 16.3. The highest BCUT2D eigenvalue weighted by atomic mass is 35.5. The number of aromatic amines is 1. The molecule has 2 heterocycles. The zero-order valence-corrected chi connectivity index (χ0v) is 14.4. The van der Waals surface area contributed by atoms with E-state index in [-0.39, 0.29) is 18.0 Å². The first-order chi connectivity index (χ1) is 11.3. The van der Waals surface area contributed by atoms with Crippen LogP contribution in [0.3, 0.4) is 0 Å². The van der Waals surface area contributed by atoms with E-state index in [9.17, 15) is 9.59 Å². The molecule has 1 amide bonds. The monoisotopic (exact) mass is 344 g/mol. The van der Waals surface area contributed by atoms with Crippen molar-refractivity contribution in [3.05, 3.63) is 56.7 Å². The first-order valence-corrected chi connectivity index (χ1v) is 7.85. The summed E-state index contributed by atoms with van der Waals surface area (Å²) < 4.78 is 1.36. The van der Waals surface area contributed by atoms with Crippen molar-refractivity contribution in [1.82, 2.24) is 14.5 Å². The Morgan fingerprint density at radius 3 is 2.75 bits per heavy atom. The van der Waals surface area contributed by atoms with Crippen LogP contribution in [0, 0.1) is 20.8 Å². The SMILES string of the molecule is Cc1cc2c(=O)n(CC(=O)Nc3ccc(C)c(Cl)c3)c(C)nc2[nH]1. The molecule has 0 saturated carbocycles. The van der Waals surface area contributed by atoms with Crippen LogP contribution in [0.2, 0.25) is 5.02 Å². The standard InChI is InChI=1S/C17H17ClN4O2/c1-9-4-5-12(7-14(9)18)21-15(23)8-22-11(3)20-16-13(17(22)24)6-10(2)19-16/h4-7,19H,8H2,1-3H3,(H,21,23). The van der Waals surface area contributed by atoms with E-state index in [1.54, 1.807) is 25.1 Å². The van der Waals surface area contributed by atoms with E-state index in [0.29, 0.717) is 27.6 Å². The zero-order chi connectivity index (χ0) is 17.4. The minimum absolute atomic E-state index is 0.108. The van der Waals surface area contributed by atoms with Crippen LogP contribution < -0.4 is 10.9 Å². The third-order valence-electron chi connectivity index (χ3n) is 3.83. The number of rotatable bonds is 3. The van der Waals surface area contributed by atoms with Gasteiger partial charge in [0.05, 0.1) is 5.39 Å². The molecule has 6 nitrogen and oxygen atoms in total. The molecule has 3 aromatic rings. The summed E-state index contributed by atoms with van der Waals surface area (Å²) in [5.74, 6) is 0.167. The highest BCUT2D eigenvalue weighted by Gasteiger charge is 2.13. The van der Waals surface area contributed by atoms with Crippen molar-refractivity contribution in [3.8, 4) is 0 Å². The Hall–Kier alpha value is -2.60. The molecule has 0 fully saturated rings. The van der Waals surface area contributed by atoms with Gasteiger partial charge in [0.2, 0.25) is 5.91 Å². The van der Waals surface area contributed by atoms with Gasteiger partial charge in [-0.05, 0) is 44.5 Å². The van der Waals surface area contributed by atoms with E-state index in [0.717, 1.165) is 11.3 Å². The predicted molar refractivity (Wildman–Crippen MR) is 94.6 cm³/mol. The van der Waals surface area contributed by atoms with Crippen molar-refractivity contribution < 1.29 is 4.79 Å². The average molecular weight is 345 g/mol. The molecule has 124 valence electrons. The van der Waals surface area contributed by atoms with Gasteiger partial charge < -0.3 is 10.3 Å². The number of benzene rings is 1. The molecule has 0 bridgehead atoms. The van der Waals surface area contributed by atoms with Gasteiger partial charge in [-0.3, -0.25) is 14.2 Å². The van der Waals surface area contributed by atoms with Crippen LogP contribution in [0.4, 0.5) is 5.69 Å². The van der Waals surface area contributed by atoms with Gasteiger partial charge in [-0.1, -0.05) is 17.7 Å². The van der Waals surface area contributed by atoms with Crippen LogP contribution >= 0.6 is 11.6 Å². The Bertz CT molecular complexity index is 1000. The summed E-state index contributed by atoms with van der Waals surface area (Å²) in [4.78, 5) is 32.2. The zero-order valence-electron chi connectivity index (χ0n) is 13.6. The number of fused-ring (bicyclic) bond motifs is 1. The number of hydrogen-bond acceptors (Lipinski definition) is 3. The molecule has 24 heavy (non-hydrogen) atoms. The number of halogens is 1. The van der Waals surface area contributed by atoms with Gasteiger partial charge in [-0.15, -0.1) is 0 Å². The fourth-order valence-corrected chi connectivity index (χ4v) is 2.72. The molecular formula is C17H17ClN4O2. The van der Waals surface area contributed by atoms with Crippen LogP contribution in [-0.4, -0.2) is 20.4 Å². The second kappa shape index (κ2) is 6.13. The van der Waals surface area contributed by atoms with Gasteiger partial charge >= 0.3 is 0 Å². The molecule has 3 rings (SSSR count). The number of hydrogen-bond donors (Lipinski definition) is 2. The molecule has 0 atom stereocenters. The van der Waals surface area contributed by atoms with E-state index in [4.69, 9.17) is 11.6 Å². The molecule has 0 radical (unpaired) electrons. The van der Waals surface area contributed by atoms with Gasteiger partial charge in [0.25, 0.3) is 5.56 Å². The van der Waals surface area contributed by atoms with Crippen molar-refractivity contribution in [3.63, 3.8) is 0 Å². The number of aromatic nitrogens is 3. The Labute approximate surface area is 143 Å². The van der Waals surface area contributed by atoms with Crippen molar-refractivity contribution in [2.24, 2.45) is 0 Å². The van der Waals surface area contributed by atoms with Crippen molar-refractivity contribution in [1.29, 1.82) is 0 Å². The maximum atomic E-state index is 12.6. The lowest BCUT2D eigenvalue weighted by atomic mass is 10.2. The smallest absolute Gasteiger partial charge is 0.263 e. The third kappa shape index (κ3) is 3.05. The summed E-state index contributed by atoms with van der Waals surface area (Å²) in [6.45, 7) is 5.33. The number of nitrogens with zero attached hydrogens (tertiary/aromatic N) is 2. The lowest BCUT2D eigenvalue weighted by Crippen LogP contribution is -2.30. The maximum Gasteiger partial charge on any atom is 0.263 e. The van der Waals surface area contributed by atoms with Gasteiger partial charge in [0.15, 0.2) is 0 Å². The number of carbonyl (C=O) groups excluding carboxylic acids is 1. The van der Waals surface area contributed by atoms with E-state index in [1.807, 2.05) is 19.9 Å². The van der Waals surface area contributed by atoms with Crippen LogP contribution in [0.1, 0.15) is 17.1 Å². The molecule has 0 saturated heterocycles. The van der Waals surface area contributed by atoms with Crippen molar-refractivity contribution >= 4 is 34.2 Å². The Kier molecular flexibility index (Phi) is 4.15. The first-order valence-electron chi connectivity index (χ1n) is 7.48. The van der Waals surface area contributed by atoms with Gasteiger partial charge in [-0.2, -0.15) is 0 Å². The number of aryl methyl sites for hydroxylation is 3. The quantitative estimate of drug-likeness (QED) is 0.766. The minimum atomic E-state index is -0.312. The molecule has 0 aliphatic rings. The fraction of sp³-hybridized carbons (Fsp3) is 0.235. The van der Waals surface area contributed by atoms with E-state index >= 15 is 0 Å². The molecule has 0 spiro atoms. The lowest BCUT2D eigenvalue weighted by Gasteiger charge is -2.10. The summed E-state index contributed by atoms with van der Waals surface area (Å²) >= 11 is 6.06. The number of nitrogens with one attached hydrogen (secondary N) is 2. The Morgan fingerprint density at radius 2 is 2.04 bits per heavy atom. The third-order valence-corrected chi connectivity index (χ3v) is 4.24. The fourth-order valence-electron chi connectivity index (χ4n) is 2.54. The van der Waals surface area contributed by atoms with Gasteiger partial charge in [0.1, 0.15) is 18.0 Å². The summed E-state index contributed by atoms with van der Waals surface area (Å²) in [6.07, 6.45) is 0. The Balaban J connectivity index is 1.87. The predicted octanol–water partition coefficient (Wildman–Crippen LogP) is 2.94. The van der Waals surface area contributed by atoms with E-state index in [2.05, 4.69) is 15.3 Å². The maximum absolute atomic E-state index is 12.6. The second-order valence-corrected chi connectivity index (χ2v) is 6.18. The van der Waals surface area contributed by atoms with Gasteiger partial charge in [-0.25, -0.2) is 4.98 Å². The van der Waals surface area contributed by atoms with Crippen molar-refractivity contribution in [2.75, 3.05) is 5.32 Å². The van der Waals surface area contributed by atoms with Crippen LogP contribution in [0.15, 0.2) is 29.1 Å². The molecule has 2 N–H and O–H groups in total. The van der Waals surface area contributed by atoms with Crippen LogP contribution in [0.25, 0.3) is 11.0 Å². The molecule has 0 unspecified atom stereocenters. The average Bonchev–Trinajstić information content (AvgIpc) is 2.88. The molecule has 0 aliphatic carbocycles. The number of amides is 1. The largest absolute Gasteiger partial charge is 0.343 e. The number of H-pyrrole nitrogens is 1. The lowest BCUT2D eigenvalue weighted by molar-refractivity contribution is -0.116. The number of carbonyl (C=O) groups is 1. The van der Waals surface area contributed by atoms with E-state index < -0.39 is 0 Å². The van der Waals surface area contributed by atoms with E-state index in [1.165, 1.54) is 4.57 Å². The Morgan fingerprint density at radius 1 is 1.29 bits per heavy atom.